The van der Waals surface area contributed by atoms with E-state index in [4.69, 9.17) is 5.73 Å². The van der Waals surface area contributed by atoms with Crippen LogP contribution in [0.5, 0.6) is 0 Å². The van der Waals surface area contributed by atoms with E-state index in [9.17, 15) is 0 Å². The van der Waals surface area contributed by atoms with E-state index < -0.39 is 0 Å². The van der Waals surface area contributed by atoms with Gasteiger partial charge in [-0.2, -0.15) is 10.2 Å². The molecule has 0 aliphatic heterocycles. The first-order valence-corrected chi connectivity index (χ1v) is 4.46. The second-order valence-electron chi connectivity index (χ2n) is 3.32. The van der Waals surface area contributed by atoms with Gasteiger partial charge in [-0.3, -0.25) is 4.68 Å². The molecule has 5 nitrogen and oxygen atoms in total. The van der Waals surface area contributed by atoms with E-state index in [0.717, 1.165) is 5.56 Å². The molecular formula is C9H13N5. The summed E-state index contributed by atoms with van der Waals surface area (Å²) in [5, 5.41) is 8.27. The Morgan fingerprint density at radius 2 is 2.21 bits per heavy atom. The lowest BCUT2D eigenvalue weighted by Gasteiger charge is -2.11. The number of nitrogen functional groups attached to an aromatic ring is 1. The molecule has 0 amide bonds. The number of aromatic nitrogens is 4. The summed E-state index contributed by atoms with van der Waals surface area (Å²) >= 11 is 0. The smallest absolute Gasteiger partial charge is 0.122 e. The third-order valence-electron chi connectivity index (χ3n) is 2.28. The molecule has 0 radical (unpaired) electrons. The van der Waals surface area contributed by atoms with Gasteiger partial charge < -0.3 is 5.73 Å². The van der Waals surface area contributed by atoms with Gasteiger partial charge >= 0.3 is 0 Å². The molecule has 0 spiro atoms. The maximum Gasteiger partial charge on any atom is 0.122 e. The number of nitrogens with zero attached hydrogens (tertiary/aromatic N) is 4. The lowest BCUT2D eigenvalue weighted by atomic mass is 10.2. The lowest BCUT2D eigenvalue weighted by Crippen LogP contribution is -2.10. The van der Waals surface area contributed by atoms with Gasteiger partial charge in [0.1, 0.15) is 5.82 Å². The fourth-order valence-electron chi connectivity index (χ4n) is 1.45. The van der Waals surface area contributed by atoms with Crippen molar-refractivity contribution in [2.45, 2.75) is 13.0 Å². The molecule has 5 heteroatoms. The molecule has 74 valence electrons. The van der Waals surface area contributed by atoms with Crippen molar-refractivity contribution >= 4 is 5.82 Å². The molecular weight excluding hydrogens is 178 g/mol. The lowest BCUT2D eigenvalue weighted by molar-refractivity contribution is 0.572. The molecule has 0 saturated carbocycles. The first-order valence-electron chi connectivity index (χ1n) is 4.46. The van der Waals surface area contributed by atoms with Crippen LogP contribution in [0, 0.1) is 0 Å². The second kappa shape index (κ2) is 3.17. The average Bonchev–Trinajstić information content (AvgIpc) is 2.73. The number of aryl methyl sites for hydroxylation is 1. The van der Waals surface area contributed by atoms with Crippen LogP contribution in [0.15, 0.2) is 24.7 Å². The summed E-state index contributed by atoms with van der Waals surface area (Å²) < 4.78 is 3.54. The molecule has 2 rings (SSSR count). The van der Waals surface area contributed by atoms with E-state index in [1.165, 1.54) is 0 Å². The van der Waals surface area contributed by atoms with E-state index in [0.29, 0.717) is 5.82 Å². The zero-order chi connectivity index (χ0) is 10.1. The Bertz CT molecular complexity index is 428. The van der Waals surface area contributed by atoms with Crippen LogP contribution in [-0.4, -0.2) is 19.6 Å². The van der Waals surface area contributed by atoms with Gasteiger partial charge in [0.25, 0.3) is 0 Å². The van der Waals surface area contributed by atoms with Gasteiger partial charge in [0.15, 0.2) is 0 Å². The first-order chi connectivity index (χ1) is 6.68. The van der Waals surface area contributed by atoms with Gasteiger partial charge in [0.2, 0.25) is 0 Å². The molecule has 0 bridgehead atoms. The molecule has 0 unspecified atom stereocenters. The highest BCUT2D eigenvalue weighted by Crippen LogP contribution is 2.18. The molecule has 14 heavy (non-hydrogen) atoms. The molecule has 0 aliphatic rings. The Morgan fingerprint density at radius 3 is 2.71 bits per heavy atom. The maximum absolute atomic E-state index is 5.76. The van der Waals surface area contributed by atoms with Gasteiger partial charge in [0.05, 0.1) is 18.4 Å². The summed E-state index contributed by atoms with van der Waals surface area (Å²) in [5.74, 6) is 0.668. The largest absolute Gasteiger partial charge is 0.384 e. The normalized spacial score (nSPS) is 13.0. The number of rotatable bonds is 2. The molecule has 0 aromatic carbocycles. The van der Waals surface area contributed by atoms with Crippen LogP contribution in [-0.2, 0) is 7.05 Å². The fourth-order valence-corrected chi connectivity index (χ4v) is 1.45. The fraction of sp³-hybridized carbons (Fsp3) is 0.333. The van der Waals surface area contributed by atoms with Gasteiger partial charge in [-0.05, 0) is 13.0 Å². The van der Waals surface area contributed by atoms with Crippen molar-refractivity contribution in [3.63, 3.8) is 0 Å². The van der Waals surface area contributed by atoms with Crippen molar-refractivity contribution in [2.75, 3.05) is 5.73 Å². The topological polar surface area (TPSA) is 61.7 Å². The quantitative estimate of drug-likeness (QED) is 0.764. The Labute approximate surface area is 82.1 Å². The summed E-state index contributed by atoms with van der Waals surface area (Å²) in [4.78, 5) is 0. The Morgan fingerprint density at radius 1 is 1.43 bits per heavy atom. The predicted molar refractivity (Wildman–Crippen MR) is 53.7 cm³/mol. The van der Waals surface area contributed by atoms with E-state index in [-0.39, 0.29) is 6.04 Å². The maximum atomic E-state index is 5.76. The highest BCUT2D eigenvalue weighted by atomic mass is 15.3. The van der Waals surface area contributed by atoms with Crippen LogP contribution in [0.4, 0.5) is 5.82 Å². The summed E-state index contributed by atoms with van der Waals surface area (Å²) in [6.07, 6.45) is 5.49. The number of anilines is 1. The molecule has 0 aliphatic carbocycles. The van der Waals surface area contributed by atoms with Crippen LogP contribution in [0.1, 0.15) is 18.5 Å². The molecule has 2 aromatic heterocycles. The molecule has 2 heterocycles. The van der Waals surface area contributed by atoms with Crippen LogP contribution >= 0.6 is 0 Å². The minimum atomic E-state index is 0.124. The molecule has 2 N–H and O–H groups in total. The van der Waals surface area contributed by atoms with Crippen LogP contribution in [0.25, 0.3) is 0 Å². The van der Waals surface area contributed by atoms with Crippen molar-refractivity contribution in [2.24, 2.45) is 7.05 Å². The highest BCUT2D eigenvalue weighted by molar-refractivity contribution is 5.28. The number of hydrogen-bond acceptors (Lipinski definition) is 3. The third kappa shape index (κ3) is 1.37. The minimum absolute atomic E-state index is 0.124. The molecule has 0 fully saturated rings. The van der Waals surface area contributed by atoms with Crippen molar-refractivity contribution < 1.29 is 0 Å². The predicted octanol–water partition coefficient (Wildman–Crippen LogP) is 0.808. The first kappa shape index (κ1) is 8.80. The van der Waals surface area contributed by atoms with E-state index >= 15 is 0 Å². The highest BCUT2D eigenvalue weighted by Gasteiger charge is 2.11. The summed E-state index contributed by atoms with van der Waals surface area (Å²) in [6.45, 7) is 2.04. The SMILES string of the molecule is C[C@H](c1cnn(C)c1)n1nccc1N. The summed E-state index contributed by atoms with van der Waals surface area (Å²) in [6, 6.07) is 1.91. The van der Waals surface area contributed by atoms with Crippen LogP contribution in [0.3, 0.4) is 0 Å². The van der Waals surface area contributed by atoms with Gasteiger partial charge in [-0.25, -0.2) is 4.68 Å². The standard InChI is InChI=1S/C9H13N5/c1-7(8-5-12-13(2)6-8)14-9(10)3-4-11-14/h3-7H,10H2,1-2H3/t7-/m1/s1. The third-order valence-corrected chi connectivity index (χ3v) is 2.28. The van der Waals surface area contributed by atoms with Gasteiger partial charge in [0, 0.05) is 18.8 Å². The van der Waals surface area contributed by atoms with Crippen molar-refractivity contribution in [1.82, 2.24) is 19.6 Å². The Hall–Kier alpha value is -1.78. The van der Waals surface area contributed by atoms with E-state index in [1.54, 1.807) is 21.6 Å². The number of hydrogen-bond donors (Lipinski definition) is 1. The minimum Gasteiger partial charge on any atom is -0.384 e. The monoisotopic (exact) mass is 191 g/mol. The Kier molecular flexibility index (Phi) is 1.99. The zero-order valence-corrected chi connectivity index (χ0v) is 8.25. The average molecular weight is 191 g/mol. The molecule has 0 saturated heterocycles. The van der Waals surface area contributed by atoms with Crippen LogP contribution < -0.4 is 5.73 Å². The van der Waals surface area contributed by atoms with Crippen molar-refractivity contribution in [3.8, 4) is 0 Å². The summed E-state index contributed by atoms with van der Waals surface area (Å²) in [5.41, 5.74) is 6.86. The van der Waals surface area contributed by atoms with Crippen LogP contribution in [0.2, 0.25) is 0 Å². The second-order valence-corrected chi connectivity index (χ2v) is 3.32. The Balaban J connectivity index is 2.33. The van der Waals surface area contributed by atoms with Crippen molar-refractivity contribution in [1.29, 1.82) is 0 Å². The molecule has 1 atom stereocenters. The van der Waals surface area contributed by atoms with Gasteiger partial charge in [-0.15, -0.1) is 0 Å². The number of nitrogens with two attached hydrogens (primary N) is 1. The van der Waals surface area contributed by atoms with E-state index in [2.05, 4.69) is 10.2 Å². The van der Waals surface area contributed by atoms with Gasteiger partial charge in [-0.1, -0.05) is 0 Å². The van der Waals surface area contributed by atoms with E-state index in [1.807, 2.05) is 26.4 Å². The summed E-state index contributed by atoms with van der Waals surface area (Å²) in [7, 11) is 1.89. The molecule has 2 aromatic rings. The zero-order valence-electron chi connectivity index (χ0n) is 8.25. The van der Waals surface area contributed by atoms with Crippen molar-refractivity contribution in [3.05, 3.63) is 30.2 Å².